The summed E-state index contributed by atoms with van der Waals surface area (Å²) in [6, 6.07) is 7.05. The van der Waals surface area contributed by atoms with Crippen LogP contribution in [0.3, 0.4) is 0 Å². The Balaban J connectivity index is 1.86. The van der Waals surface area contributed by atoms with Gasteiger partial charge in [-0.3, -0.25) is 4.79 Å². The lowest BCUT2D eigenvalue weighted by atomic mass is 9.82. The first-order chi connectivity index (χ1) is 12.4. The number of benzene rings is 2. The molecule has 0 radical (unpaired) electrons. The zero-order valence-electron chi connectivity index (χ0n) is 13.6. The number of halogens is 3. The van der Waals surface area contributed by atoms with Crippen molar-refractivity contribution in [1.29, 1.82) is 0 Å². The first-order valence-corrected chi connectivity index (χ1v) is 8.95. The number of carbonyl (C=O) groups excluding carboxylic acids is 2. The van der Waals surface area contributed by atoms with Crippen LogP contribution in [0.4, 0.5) is 4.39 Å². The third-order valence-corrected chi connectivity index (χ3v) is 5.70. The second-order valence-corrected chi connectivity index (χ2v) is 7.25. The van der Waals surface area contributed by atoms with Crippen LogP contribution in [-0.4, -0.2) is 24.8 Å². The first kappa shape index (κ1) is 17.5. The molecule has 0 saturated carbocycles. The van der Waals surface area contributed by atoms with Crippen LogP contribution in [0.1, 0.15) is 44.7 Å². The summed E-state index contributed by atoms with van der Waals surface area (Å²) in [5.41, 5.74) is -0.318. The van der Waals surface area contributed by atoms with Gasteiger partial charge in [-0.2, -0.15) is 0 Å². The van der Waals surface area contributed by atoms with Crippen LogP contribution < -0.4 is 5.32 Å². The molecule has 0 unspecified atom stereocenters. The molecule has 0 amide bonds. The first-order valence-electron chi connectivity index (χ1n) is 8.20. The molecule has 0 aromatic heterocycles. The van der Waals surface area contributed by atoms with Crippen LogP contribution in [0, 0.1) is 5.82 Å². The molecular weight excluding hydrogens is 380 g/mol. The van der Waals surface area contributed by atoms with Crippen LogP contribution in [0.25, 0.3) is 0 Å². The second kappa shape index (κ2) is 6.34. The van der Waals surface area contributed by atoms with E-state index in [9.17, 15) is 14.0 Å². The Hall–Kier alpha value is -1.95. The van der Waals surface area contributed by atoms with Crippen molar-refractivity contribution in [3.63, 3.8) is 0 Å². The molecule has 0 bridgehead atoms. The van der Waals surface area contributed by atoms with Gasteiger partial charge < -0.3 is 10.1 Å². The van der Waals surface area contributed by atoms with Crippen molar-refractivity contribution in [1.82, 2.24) is 5.32 Å². The summed E-state index contributed by atoms with van der Waals surface area (Å²) < 4.78 is 20.2. The Kier molecular flexibility index (Phi) is 4.26. The Labute approximate surface area is 159 Å². The van der Waals surface area contributed by atoms with E-state index in [1.165, 1.54) is 24.3 Å². The van der Waals surface area contributed by atoms with Gasteiger partial charge in [0, 0.05) is 24.0 Å². The lowest BCUT2D eigenvalue weighted by molar-refractivity contribution is -0.0242. The van der Waals surface area contributed by atoms with Gasteiger partial charge in [0.15, 0.2) is 5.78 Å². The minimum atomic E-state index is -0.794. The molecule has 134 valence electrons. The van der Waals surface area contributed by atoms with Gasteiger partial charge >= 0.3 is 5.97 Å². The second-order valence-electron chi connectivity index (χ2n) is 6.44. The predicted octanol–water partition coefficient (Wildman–Crippen LogP) is 4.11. The Bertz CT molecular complexity index is 939. The Morgan fingerprint density at radius 2 is 1.85 bits per heavy atom. The number of rotatable bonds is 2. The number of hydrogen-bond acceptors (Lipinski definition) is 4. The molecule has 2 aromatic rings. The molecule has 1 spiro atoms. The molecule has 0 aliphatic carbocycles. The van der Waals surface area contributed by atoms with E-state index < -0.39 is 23.2 Å². The quantitative estimate of drug-likeness (QED) is 0.615. The SMILES string of the molecule is O=C(c1ccc(Cl)c(Cl)c1)c1c(F)ccc2c1C(=O)OC21CCNCC1. The highest BCUT2D eigenvalue weighted by Gasteiger charge is 2.48. The van der Waals surface area contributed by atoms with E-state index in [0.29, 0.717) is 31.5 Å². The van der Waals surface area contributed by atoms with Crippen LogP contribution >= 0.6 is 23.2 Å². The van der Waals surface area contributed by atoms with E-state index in [-0.39, 0.29) is 26.7 Å². The van der Waals surface area contributed by atoms with Gasteiger partial charge in [0.1, 0.15) is 11.4 Å². The summed E-state index contributed by atoms with van der Waals surface area (Å²) in [6.07, 6.45) is 1.16. The number of piperidine rings is 1. The van der Waals surface area contributed by atoms with E-state index in [2.05, 4.69) is 5.32 Å². The number of hydrogen-bond donors (Lipinski definition) is 1. The molecule has 2 aliphatic rings. The molecule has 0 atom stereocenters. The monoisotopic (exact) mass is 393 g/mol. The zero-order chi connectivity index (χ0) is 18.5. The number of ketones is 1. The molecule has 2 aliphatic heterocycles. The topological polar surface area (TPSA) is 55.4 Å². The lowest BCUT2D eigenvalue weighted by Gasteiger charge is -2.33. The van der Waals surface area contributed by atoms with E-state index in [0.717, 1.165) is 0 Å². The fourth-order valence-electron chi connectivity index (χ4n) is 3.66. The van der Waals surface area contributed by atoms with Gasteiger partial charge in [-0.25, -0.2) is 9.18 Å². The van der Waals surface area contributed by atoms with Gasteiger partial charge in [-0.05, 0) is 37.4 Å². The fraction of sp³-hybridized carbons (Fsp3) is 0.263. The van der Waals surface area contributed by atoms with Gasteiger partial charge in [0.05, 0.1) is 21.2 Å². The zero-order valence-corrected chi connectivity index (χ0v) is 15.1. The van der Waals surface area contributed by atoms with Crippen molar-refractivity contribution in [2.45, 2.75) is 18.4 Å². The average molecular weight is 394 g/mol. The Morgan fingerprint density at radius 1 is 1.12 bits per heavy atom. The van der Waals surface area contributed by atoms with Crippen molar-refractivity contribution in [2.75, 3.05) is 13.1 Å². The van der Waals surface area contributed by atoms with Crippen molar-refractivity contribution in [2.24, 2.45) is 0 Å². The highest BCUT2D eigenvalue weighted by Crippen LogP contribution is 2.44. The summed E-state index contributed by atoms with van der Waals surface area (Å²) in [7, 11) is 0. The molecule has 1 fully saturated rings. The number of esters is 1. The minimum absolute atomic E-state index is 0.0166. The predicted molar refractivity (Wildman–Crippen MR) is 95.5 cm³/mol. The minimum Gasteiger partial charge on any atom is -0.450 e. The third-order valence-electron chi connectivity index (χ3n) is 4.96. The number of carbonyl (C=O) groups is 2. The van der Waals surface area contributed by atoms with Crippen molar-refractivity contribution < 1.29 is 18.7 Å². The van der Waals surface area contributed by atoms with Crippen molar-refractivity contribution >= 4 is 35.0 Å². The van der Waals surface area contributed by atoms with Gasteiger partial charge in [-0.15, -0.1) is 0 Å². The molecule has 26 heavy (non-hydrogen) atoms. The van der Waals surface area contributed by atoms with Crippen molar-refractivity contribution in [3.8, 4) is 0 Å². The molecule has 2 aromatic carbocycles. The van der Waals surface area contributed by atoms with E-state index >= 15 is 0 Å². The third kappa shape index (κ3) is 2.62. The highest BCUT2D eigenvalue weighted by molar-refractivity contribution is 6.42. The maximum absolute atomic E-state index is 14.6. The maximum Gasteiger partial charge on any atom is 0.340 e. The largest absolute Gasteiger partial charge is 0.450 e. The molecule has 1 saturated heterocycles. The van der Waals surface area contributed by atoms with Gasteiger partial charge in [0.25, 0.3) is 0 Å². The van der Waals surface area contributed by atoms with Crippen molar-refractivity contribution in [3.05, 3.63) is 68.4 Å². The van der Waals surface area contributed by atoms with E-state index in [1.54, 1.807) is 6.07 Å². The van der Waals surface area contributed by atoms with E-state index in [4.69, 9.17) is 27.9 Å². The smallest absolute Gasteiger partial charge is 0.340 e. The Morgan fingerprint density at radius 3 is 2.54 bits per heavy atom. The average Bonchev–Trinajstić information content (AvgIpc) is 2.89. The fourth-order valence-corrected chi connectivity index (χ4v) is 3.96. The van der Waals surface area contributed by atoms with Crippen LogP contribution in [0.15, 0.2) is 30.3 Å². The highest BCUT2D eigenvalue weighted by atomic mass is 35.5. The van der Waals surface area contributed by atoms with Crippen LogP contribution in [0.2, 0.25) is 10.0 Å². The molecule has 4 rings (SSSR count). The summed E-state index contributed by atoms with van der Waals surface area (Å²) >= 11 is 11.9. The van der Waals surface area contributed by atoms with Crippen LogP contribution in [-0.2, 0) is 10.3 Å². The van der Waals surface area contributed by atoms with Gasteiger partial charge in [0.2, 0.25) is 0 Å². The number of fused-ring (bicyclic) bond motifs is 2. The summed E-state index contributed by atoms with van der Waals surface area (Å²) in [4.78, 5) is 25.5. The summed E-state index contributed by atoms with van der Waals surface area (Å²) in [5, 5.41) is 3.68. The molecule has 4 nitrogen and oxygen atoms in total. The van der Waals surface area contributed by atoms with Crippen LogP contribution in [0.5, 0.6) is 0 Å². The maximum atomic E-state index is 14.6. The number of nitrogens with one attached hydrogen (secondary N) is 1. The standard InChI is InChI=1S/C19H14Cl2FNO3/c20-12-3-1-10(9-13(12)21)17(24)16-14(22)4-2-11-15(16)18(25)26-19(11)5-7-23-8-6-19/h1-4,9,23H,5-8H2. The molecule has 1 N–H and O–H groups in total. The summed E-state index contributed by atoms with van der Waals surface area (Å²) in [5.74, 6) is -2.05. The molecule has 2 heterocycles. The van der Waals surface area contributed by atoms with Gasteiger partial charge in [-0.1, -0.05) is 29.3 Å². The molecular formula is C19H14Cl2FNO3. The summed E-state index contributed by atoms with van der Waals surface area (Å²) in [6.45, 7) is 1.36. The molecule has 7 heteroatoms. The normalized spacial score (nSPS) is 17.9. The number of ether oxygens (including phenoxy) is 1. The van der Waals surface area contributed by atoms with E-state index in [1.807, 2.05) is 0 Å². The lowest BCUT2D eigenvalue weighted by Crippen LogP contribution is -2.40.